The Hall–Kier alpha value is -2.12. The zero-order chi connectivity index (χ0) is 15.8. The Morgan fingerprint density at radius 1 is 1.14 bits per heavy atom. The molecule has 0 aliphatic heterocycles. The molecule has 1 aromatic rings. The van der Waals surface area contributed by atoms with Crippen LogP contribution in [0.15, 0.2) is 84.0 Å². The summed E-state index contributed by atoms with van der Waals surface area (Å²) in [6, 6.07) is 9.55. The molecule has 0 bridgehead atoms. The molecule has 1 rings (SSSR count). The van der Waals surface area contributed by atoms with E-state index in [2.05, 4.69) is 13.2 Å². The number of hydrogen-bond acceptors (Lipinski definition) is 1. The van der Waals surface area contributed by atoms with Crippen molar-refractivity contribution in [2.45, 2.75) is 13.8 Å². The van der Waals surface area contributed by atoms with Crippen LogP contribution in [0.5, 0.6) is 0 Å². The van der Waals surface area contributed by atoms with E-state index in [1.54, 1.807) is 19.1 Å². The fourth-order valence-electron chi connectivity index (χ4n) is 1.68. The molecule has 2 heteroatoms. The van der Waals surface area contributed by atoms with Gasteiger partial charge in [0, 0.05) is 10.6 Å². The fraction of sp³-hybridized carbons (Fsp3) is 0.105. The molecule has 0 heterocycles. The second-order valence-electron chi connectivity index (χ2n) is 4.70. The van der Waals surface area contributed by atoms with Crippen LogP contribution in [0, 0.1) is 0 Å². The first-order valence-electron chi connectivity index (χ1n) is 6.59. The van der Waals surface area contributed by atoms with Crippen molar-refractivity contribution in [1.82, 2.24) is 0 Å². The highest BCUT2D eigenvalue weighted by Crippen LogP contribution is 2.20. The van der Waals surface area contributed by atoms with Crippen molar-refractivity contribution in [2.75, 3.05) is 0 Å². The Bertz CT molecular complexity index is 631. The van der Waals surface area contributed by atoms with E-state index in [-0.39, 0.29) is 5.78 Å². The molecule has 0 N–H and O–H groups in total. The summed E-state index contributed by atoms with van der Waals surface area (Å²) < 4.78 is 0. The molecular weight excluding hydrogens is 280 g/mol. The lowest BCUT2D eigenvalue weighted by atomic mass is 9.96. The molecule has 0 saturated carbocycles. The summed E-state index contributed by atoms with van der Waals surface area (Å²) in [5.41, 5.74) is 2.93. The molecule has 0 radical (unpaired) electrons. The van der Waals surface area contributed by atoms with E-state index in [9.17, 15) is 4.79 Å². The molecule has 108 valence electrons. The van der Waals surface area contributed by atoms with Crippen LogP contribution in [0.1, 0.15) is 19.4 Å². The number of hydrogen-bond donors (Lipinski definition) is 0. The first-order valence-corrected chi connectivity index (χ1v) is 6.97. The lowest BCUT2D eigenvalue weighted by Crippen LogP contribution is -2.02. The van der Waals surface area contributed by atoms with Gasteiger partial charge in [0.1, 0.15) is 0 Å². The standard InChI is InChI=1S/C19H19ClO/c1-5-17(20)12-11-15(4)13-18(19(21)14(2)3)16-9-7-6-8-10-16/h5-13H,1-2H2,3-4H3/b15-11+,17-12+,18-13-. The van der Waals surface area contributed by atoms with Crippen molar-refractivity contribution in [3.8, 4) is 0 Å². The second-order valence-corrected chi connectivity index (χ2v) is 5.14. The summed E-state index contributed by atoms with van der Waals surface area (Å²) in [7, 11) is 0. The summed E-state index contributed by atoms with van der Waals surface area (Å²) in [4.78, 5) is 12.3. The number of carbonyl (C=O) groups is 1. The molecule has 1 nitrogen and oxygen atoms in total. The van der Waals surface area contributed by atoms with Gasteiger partial charge in [-0.25, -0.2) is 0 Å². The number of carbonyl (C=O) groups excluding carboxylic acids is 1. The molecule has 0 unspecified atom stereocenters. The van der Waals surface area contributed by atoms with Crippen molar-refractivity contribution >= 4 is 23.0 Å². The predicted octanol–water partition coefficient (Wildman–Crippen LogP) is 5.47. The van der Waals surface area contributed by atoms with Crippen LogP contribution in [0.4, 0.5) is 0 Å². The van der Waals surface area contributed by atoms with Gasteiger partial charge >= 0.3 is 0 Å². The van der Waals surface area contributed by atoms with E-state index in [1.807, 2.05) is 49.4 Å². The van der Waals surface area contributed by atoms with Crippen LogP contribution in [0.2, 0.25) is 0 Å². The van der Waals surface area contributed by atoms with Crippen molar-refractivity contribution in [3.05, 3.63) is 89.5 Å². The summed E-state index contributed by atoms with van der Waals surface area (Å²) in [6.45, 7) is 11.0. The Labute approximate surface area is 131 Å². The SMILES string of the molecule is C=C\C(Cl)=C/C=C(C)/C=C(\C(=O)C(=C)C)c1ccccc1. The number of rotatable bonds is 6. The van der Waals surface area contributed by atoms with Crippen molar-refractivity contribution in [2.24, 2.45) is 0 Å². The Balaban J connectivity index is 3.25. The average Bonchev–Trinajstić information content (AvgIpc) is 2.50. The quantitative estimate of drug-likeness (QED) is 0.503. The number of ketones is 1. The van der Waals surface area contributed by atoms with Gasteiger partial charge in [0.15, 0.2) is 5.78 Å². The third kappa shape index (κ3) is 5.41. The van der Waals surface area contributed by atoms with Crippen LogP contribution in [0.3, 0.4) is 0 Å². The number of benzene rings is 1. The summed E-state index contributed by atoms with van der Waals surface area (Å²) in [5, 5.41) is 0.551. The van der Waals surface area contributed by atoms with Gasteiger partial charge in [-0.1, -0.05) is 72.8 Å². The minimum absolute atomic E-state index is 0.0623. The second kappa shape index (κ2) is 8.23. The summed E-state index contributed by atoms with van der Waals surface area (Å²) in [6.07, 6.45) is 7.00. The minimum atomic E-state index is -0.0623. The Morgan fingerprint density at radius 3 is 2.29 bits per heavy atom. The number of halogens is 1. The van der Waals surface area contributed by atoms with Gasteiger partial charge in [0.05, 0.1) is 0 Å². The van der Waals surface area contributed by atoms with Gasteiger partial charge in [0.25, 0.3) is 0 Å². The van der Waals surface area contributed by atoms with E-state index in [0.717, 1.165) is 11.1 Å². The smallest absolute Gasteiger partial charge is 0.188 e. The highest BCUT2D eigenvalue weighted by atomic mass is 35.5. The largest absolute Gasteiger partial charge is 0.289 e. The monoisotopic (exact) mass is 298 g/mol. The molecule has 0 fully saturated rings. The first-order chi connectivity index (χ1) is 9.95. The molecule has 0 saturated heterocycles. The van der Waals surface area contributed by atoms with Crippen LogP contribution < -0.4 is 0 Å². The van der Waals surface area contributed by atoms with Crippen LogP contribution in [-0.4, -0.2) is 5.78 Å². The van der Waals surface area contributed by atoms with Crippen LogP contribution >= 0.6 is 11.6 Å². The van der Waals surface area contributed by atoms with E-state index in [4.69, 9.17) is 11.6 Å². The molecule has 0 amide bonds. The van der Waals surface area contributed by atoms with E-state index in [0.29, 0.717) is 16.2 Å². The first kappa shape index (κ1) is 16.9. The minimum Gasteiger partial charge on any atom is -0.289 e. The highest BCUT2D eigenvalue weighted by molar-refractivity contribution is 6.31. The summed E-state index contributed by atoms with van der Waals surface area (Å²) >= 11 is 5.87. The molecule has 0 aliphatic carbocycles. The fourth-order valence-corrected chi connectivity index (χ4v) is 1.75. The normalized spacial score (nSPS) is 13.0. The lowest BCUT2D eigenvalue weighted by molar-refractivity contribution is -0.110. The zero-order valence-corrected chi connectivity index (χ0v) is 13.2. The average molecular weight is 299 g/mol. The van der Waals surface area contributed by atoms with E-state index < -0.39 is 0 Å². The Morgan fingerprint density at radius 2 is 1.76 bits per heavy atom. The van der Waals surface area contributed by atoms with Gasteiger partial charge in [0.2, 0.25) is 0 Å². The van der Waals surface area contributed by atoms with Gasteiger partial charge in [-0.05, 0) is 37.1 Å². The lowest BCUT2D eigenvalue weighted by Gasteiger charge is -2.07. The topological polar surface area (TPSA) is 17.1 Å². The van der Waals surface area contributed by atoms with Crippen LogP contribution in [-0.2, 0) is 4.79 Å². The maximum Gasteiger partial charge on any atom is 0.188 e. The van der Waals surface area contributed by atoms with Gasteiger partial charge in [-0.15, -0.1) is 0 Å². The molecule has 0 aliphatic rings. The third-order valence-corrected chi connectivity index (χ3v) is 3.07. The zero-order valence-electron chi connectivity index (χ0n) is 12.4. The van der Waals surface area contributed by atoms with E-state index >= 15 is 0 Å². The maximum atomic E-state index is 12.3. The predicted molar refractivity (Wildman–Crippen MR) is 92.1 cm³/mol. The molecule has 21 heavy (non-hydrogen) atoms. The Kier molecular flexibility index (Phi) is 6.64. The maximum absolute atomic E-state index is 12.3. The highest BCUT2D eigenvalue weighted by Gasteiger charge is 2.12. The number of allylic oxidation sites excluding steroid dienone is 8. The molecule has 0 aromatic heterocycles. The van der Waals surface area contributed by atoms with Crippen molar-refractivity contribution < 1.29 is 4.79 Å². The summed E-state index contributed by atoms with van der Waals surface area (Å²) in [5.74, 6) is -0.0623. The number of Topliss-reactive ketones (excluding diaryl/α,β-unsaturated/α-hetero) is 1. The molecule has 1 aromatic carbocycles. The van der Waals surface area contributed by atoms with Crippen molar-refractivity contribution in [3.63, 3.8) is 0 Å². The van der Waals surface area contributed by atoms with Crippen molar-refractivity contribution in [1.29, 1.82) is 0 Å². The third-order valence-electron chi connectivity index (χ3n) is 2.79. The van der Waals surface area contributed by atoms with Gasteiger partial charge in [-0.3, -0.25) is 4.79 Å². The van der Waals surface area contributed by atoms with Crippen LogP contribution in [0.25, 0.3) is 5.57 Å². The molecule has 0 spiro atoms. The van der Waals surface area contributed by atoms with E-state index in [1.165, 1.54) is 0 Å². The van der Waals surface area contributed by atoms with Gasteiger partial charge < -0.3 is 0 Å². The molecule has 0 atom stereocenters. The van der Waals surface area contributed by atoms with Gasteiger partial charge in [-0.2, -0.15) is 0 Å². The molecular formula is C19H19ClO.